The molecule has 1 aromatic carbocycles. The Kier molecular flexibility index (Phi) is 3.53. The maximum absolute atomic E-state index is 11.3. The van der Waals surface area contributed by atoms with E-state index >= 15 is 0 Å². The van der Waals surface area contributed by atoms with Gasteiger partial charge in [-0.05, 0) is 38.6 Å². The number of benzene rings is 1. The van der Waals surface area contributed by atoms with Crippen molar-refractivity contribution in [2.24, 2.45) is 0 Å². The van der Waals surface area contributed by atoms with E-state index in [0.717, 1.165) is 31.7 Å². The average molecular weight is 276 g/mol. The zero-order valence-electron chi connectivity index (χ0n) is 11.7. The number of carboxylic acid groups (broad SMARTS) is 1. The molecule has 0 aliphatic carbocycles. The summed E-state index contributed by atoms with van der Waals surface area (Å²) in [6.45, 7) is 3.55. The standard InChI is InChI=1S/C15H20N2O3/c1-16-7-3-4-11(10-16)17-8-9-20-14-12(15(18)19)5-2-6-13(14)17/h2,5-6,11H,3-4,7-10H2,1H3,(H,18,19). The summed E-state index contributed by atoms with van der Waals surface area (Å²) < 4.78 is 5.63. The van der Waals surface area contributed by atoms with E-state index in [0.29, 0.717) is 18.4 Å². The molecule has 1 fully saturated rings. The van der Waals surface area contributed by atoms with Gasteiger partial charge >= 0.3 is 5.97 Å². The molecule has 1 atom stereocenters. The SMILES string of the molecule is CN1CCCC(N2CCOc3c(C(=O)O)cccc32)C1. The predicted molar refractivity (Wildman–Crippen MR) is 76.8 cm³/mol. The highest BCUT2D eigenvalue weighted by Gasteiger charge is 2.30. The number of nitrogens with zero attached hydrogens (tertiary/aromatic N) is 2. The van der Waals surface area contributed by atoms with Crippen molar-refractivity contribution >= 4 is 11.7 Å². The van der Waals surface area contributed by atoms with E-state index in [9.17, 15) is 9.90 Å². The van der Waals surface area contributed by atoms with Crippen molar-refractivity contribution in [3.05, 3.63) is 23.8 Å². The van der Waals surface area contributed by atoms with Crippen molar-refractivity contribution in [3.8, 4) is 5.75 Å². The van der Waals surface area contributed by atoms with Gasteiger partial charge in [0.1, 0.15) is 12.2 Å². The summed E-state index contributed by atoms with van der Waals surface area (Å²) in [5.41, 5.74) is 1.19. The Morgan fingerprint density at radius 2 is 2.25 bits per heavy atom. The number of fused-ring (bicyclic) bond motifs is 1. The van der Waals surface area contributed by atoms with Crippen LogP contribution in [-0.2, 0) is 0 Å². The van der Waals surface area contributed by atoms with Gasteiger partial charge in [0.15, 0.2) is 5.75 Å². The molecule has 2 aliphatic rings. The van der Waals surface area contributed by atoms with Crippen molar-refractivity contribution in [2.75, 3.05) is 38.2 Å². The number of rotatable bonds is 2. The quantitative estimate of drug-likeness (QED) is 0.890. The number of para-hydroxylation sites is 1. The molecular formula is C15H20N2O3. The van der Waals surface area contributed by atoms with Crippen molar-refractivity contribution in [2.45, 2.75) is 18.9 Å². The molecule has 5 nitrogen and oxygen atoms in total. The summed E-state index contributed by atoms with van der Waals surface area (Å²) >= 11 is 0. The van der Waals surface area contributed by atoms with Crippen LogP contribution in [-0.4, -0.2) is 55.3 Å². The van der Waals surface area contributed by atoms with E-state index in [-0.39, 0.29) is 5.56 Å². The Morgan fingerprint density at radius 3 is 3.00 bits per heavy atom. The van der Waals surface area contributed by atoms with Crippen LogP contribution in [0.25, 0.3) is 0 Å². The van der Waals surface area contributed by atoms with Crippen LogP contribution in [0.2, 0.25) is 0 Å². The molecule has 5 heteroatoms. The number of piperidine rings is 1. The summed E-state index contributed by atoms with van der Waals surface area (Å²) in [5.74, 6) is -0.399. The monoisotopic (exact) mass is 276 g/mol. The number of carbonyl (C=O) groups is 1. The Morgan fingerprint density at radius 1 is 1.40 bits per heavy atom. The molecule has 20 heavy (non-hydrogen) atoms. The van der Waals surface area contributed by atoms with Crippen LogP contribution in [0.1, 0.15) is 23.2 Å². The maximum atomic E-state index is 11.3. The lowest BCUT2D eigenvalue weighted by Crippen LogP contribution is -2.49. The molecule has 1 unspecified atom stereocenters. The Balaban J connectivity index is 1.93. The van der Waals surface area contributed by atoms with E-state index in [1.54, 1.807) is 12.1 Å². The van der Waals surface area contributed by atoms with E-state index < -0.39 is 5.97 Å². The second-order valence-electron chi connectivity index (χ2n) is 5.56. The van der Waals surface area contributed by atoms with Gasteiger partial charge in [-0.3, -0.25) is 0 Å². The van der Waals surface area contributed by atoms with E-state index in [4.69, 9.17) is 4.74 Å². The highest BCUT2D eigenvalue weighted by atomic mass is 16.5. The van der Waals surface area contributed by atoms with Crippen LogP contribution in [0.5, 0.6) is 5.75 Å². The van der Waals surface area contributed by atoms with E-state index in [1.807, 2.05) is 6.07 Å². The summed E-state index contributed by atoms with van der Waals surface area (Å²) in [5, 5.41) is 9.27. The fourth-order valence-corrected chi connectivity index (χ4v) is 3.21. The Bertz CT molecular complexity index is 518. The Hall–Kier alpha value is -1.75. The zero-order chi connectivity index (χ0) is 14.1. The van der Waals surface area contributed by atoms with Gasteiger partial charge in [0.2, 0.25) is 0 Å². The van der Waals surface area contributed by atoms with E-state index in [1.165, 1.54) is 6.42 Å². The highest BCUT2D eigenvalue weighted by Crippen LogP contribution is 2.37. The fourth-order valence-electron chi connectivity index (χ4n) is 3.21. The largest absolute Gasteiger partial charge is 0.489 e. The van der Waals surface area contributed by atoms with Crippen LogP contribution in [0.15, 0.2) is 18.2 Å². The lowest BCUT2D eigenvalue weighted by atomic mass is 10.0. The second-order valence-corrected chi connectivity index (χ2v) is 5.56. The number of likely N-dealkylation sites (tertiary alicyclic amines) is 1. The van der Waals surface area contributed by atoms with Crippen LogP contribution in [0.4, 0.5) is 5.69 Å². The van der Waals surface area contributed by atoms with Gasteiger partial charge in [0, 0.05) is 12.6 Å². The minimum absolute atomic E-state index is 0.261. The second kappa shape index (κ2) is 5.32. The zero-order valence-corrected chi connectivity index (χ0v) is 11.7. The van der Waals surface area contributed by atoms with E-state index in [2.05, 4.69) is 16.8 Å². The third kappa shape index (κ3) is 2.33. The third-order valence-corrected chi connectivity index (χ3v) is 4.15. The first kappa shape index (κ1) is 13.2. The number of ether oxygens (including phenoxy) is 1. The number of carboxylic acids is 1. The number of hydrogen-bond donors (Lipinski definition) is 1. The average Bonchev–Trinajstić information content (AvgIpc) is 2.45. The lowest BCUT2D eigenvalue weighted by molar-refractivity contribution is 0.0691. The van der Waals surface area contributed by atoms with Gasteiger partial charge in [0.05, 0.1) is 12.2 Å². The molecule has 2 aliphatic heterocycles. The highest BCUT2D eigenvalue weighted by molar-refractivity contribution is 5.93. The summed E-state index contributed by atoms with van der Waals surface area (Å²) in [6, 6.07) is 5.82. The topological polar surface area (TPSA) is 53.0 Å². The van der Waals surface area contributed by atoms with Crippen molar-refractivity contribution in [1.82, 2.24) is 4.90 Å². The van der Waals surface area contributed by atoms with Crippen LogP contribution < -0.4 is 9.64 Å². The van der Waals surface area contributed by atoms with Crippen molar-refractivity contribution < 1.29 is 14.6 Å². The molecule has 0 spiro atoms. The van der Waals surface area contributed by atoms with Gasteiger partial charge in [-0.1, -0.05) is 6.07 Å². The lowest BCUT2D eigenvalue weighted by Gasteiger charge is -2.42. The minimum Gasteiger partial charge on any atom is -0.489 e. The first-order valence-corrected chi connectivity index (χ1v) is 7.11. The van der Waals surface area contributed by atoms with Gasteiger partial charge in [-0.2, -0.15) is 0 Å². The normalized spacial score (nSPS) is 23.1. The van der Waals surface area contributed by atoms with Crippen LogP contribution in [0, 0.1) is 0 Å². The van der Waals surface area contributed by atoms with Gasteiger partial charge in [0.25, 0.3) is 0 Å². The molecule has 1 N–H and O–H groups in total. The molecule has 1 saturated heterocycles. The summed E-state index contributed by atoms with van der Waals surface area (Å²) in [4.78, 5) is 16.0. The van der Waals surface area contributed by atoms with Crippen LogP contribution in [0.3, 0.4) is 0 Å². The predicted octanol–water partition coefficient (Wildman–Crippen LogP) is 1.68. The molecule has 0 radical (unpaired) electrons. The first-order valence-electron chi connectivity index (χ1n) is 7.11. The molecular weight excluding hydrogens is 256 g/mol. The molecule has 0 amide bonds. The number of likely N-dealkylation sites (N-methyl/N-ethyl adjacent to an activating group) is 1. The molecule has 0 aromatic heterocycles. The van der Waals surface area contributed by atoms with Crippen molar-refractivity contribution in [1.29, 1.82) is 0 Å². The van der Waals surface area contributed by atoms with Crippen molar-refractivity contribution in [3.63, 3.8) is 0 Å². The number of hydrogen-bond acceptors (Lipinski definition) is 4. The van der Waals surface area contributed by atoms with Gasteiger partial charge < -0.3 is 19.6 Å². The Labute approximate surface area is 118 Å². The maximum Gasteiger partial charge on any atom is 0.339 e. The summed E-state index contributed by atoms with van der Waals surface area (Å²) in [7, 11) is 2.14. The van der Waals surface area contributed by atoms with Gasteiger partial charge in [-0.25, -0.2) is 4.79 Å². The molecule has 3 rings (SSSR count). The summed E-state index contributed by atoms with van der Waals surface area (Å²) in [6.07, 6.45) is 2.34. The third-order valence-electron chi connectivity index (χ3n) is 4.15. The van der Waals surface area contributed by atoms with Gasteiger partial charge in [-0.15, -0.1) is 0 Å². The number of aromatic carboxylic acids is 1. The number of anilines is 1. The van der Waals surface area contributed by atoms with Crippen LogP contribution >= 0.6 is 0 Å². The minimum atomic E-state index is -0.926. The molecule has 2 heterocycles. The molecule has 108 valence electrons. The molecule has 1 aromatic rings. The molecule has 0 bridgehead atoms. The molecule has 0 saturated carbocycles. The first-order chi connectivity index (χ1) is 9.66. The fraction of sp³-hybridized carbons (Fsp3) is 0.533. The smallest absolute Gasteiger partial charge is 0.339 e.